The molecule has 0 aliphatic heterocycles. The maximum atomic E-state index is 6.60. The summed E-state index contributed by atoms with van der Waals surface area (Å²) in [5.74, 6) is 1.89. The molecule has 56 heavy (non-hydrogen) atoms. The zero-order valence-corrected chi connectivity index (χ0v) is 30.3. The normalized spacial score (nSPS) is 11.2. The van der Waals surface area contributed by atoms with Crippen molar-refractivity contribution in [3.8, 4) is 56.4 Å². The second-order valence-corrected chi connectivity index (χ2v) is 13.7. The van der Waals surface area contributed by atoms with Gasteiger partial charge in [-0.1, -0.05) is 164 Å². The Morgan fingerprint density at radius 2 is 0.750 bits per heavy atom. The van der Waals surface area contributed by atoms with Crippen LogP contribution in [0.1, 0.15) is 0 Å². The van der Waals surface area contributed by atoms with E-state index >= 15 is 0 Å². The summed E-state index contributed by atoms with van der Waals surface area (Å²) in [6, 6.07) is 71.1. The predicted octanol–water partition coefficient (Wildman–Crippen LogP) is 13.6. The molecule has 264 valence electrons. The van der Waals surface area contributed by atoms with Crippen molar-refractivity contribution in [3.05, 3.63) is 206 Å². The quantitative estimate of drug-likeness (QED) is 0.157. The molecule has 2 heterocycles. The minimum absolute atomic E-state index is 0.617. The summed E-state index contributed by atoms with van der Waals surface area (Å²) < 4.78 is 6.60. The molecule has 10 rings (SSSR count). The minimum Gasteiger partial charge on any atom is -0.456 e. The van der Waals surface area contributed by atoms with Crippen LogP contribution in [0.15, 0.2) is 211 Å². The third kappa shape index (κ3) is 6.27. The third-order valence-corrected chi connectivity index (χ3v) is 10.1. The van der Waals surface area contributed by atoms with Gasteiger partial charge in [-0.25, -0.2) is 15.0 Å². The topological polar surface area (TPSA) is 55.1 Å². The highest BCUT2D eigenvalue weighted by Gasteiger charge is 2.20. The highest BCUT2D eigenvalue weighted by Crippen LogP contribution is 2.44. The van der Waals surface area contributed by atoms with E-state index in [4.69, 9.17) is 19.4 Å². The molecular formula is C51H34N4O. The molecule has 0 N–H and O–H groups in total. The summed E-state index contributed by atoms with van der Waals surface area (Å²) in [5.41, 5.74) is 12.0. The SMILES string of the molecule is c1ccc(-c2ccc(N(c3ccccc3)c3cc(-c4ccc(-c5nc(-c6ccccc6)nc(-c6ccccc6)n5)cc4)c4c(c3)oc3ccccc34)cc2)cc1. The molecule has 0 bridgehead atoms. The molecule has 0 saturated carbocycles. The van der Waals surface area contributed by atoms with Crippen molar-refractivity contribution in [1.82, 2.24) is 15.0 Å². The molecule has 0 aliphatic carbocycles. The zero-order chi connectivity index (χ0) is 37.3. The van der Waals surface area contributed by atoms with Gasteiger partial charge in [-0.15, -0.1) is 0 Å². The average Bonchev–Trinajstić information content (AvgIpc) is 3.66. The van der Waals surface area contributed by atoms with Gasteiger partial charge in [0.2, 0.25) is 0 Å². The summed E-state index contributed by atoms with van der Waals surface area (Å²) in [6.07, 6.45) is 0. The van der Waals surface area contributed by atoms with Gasteiger partial charge in [0.05, 0.1) is 5.69 Å². The van der Waals surface area contributed by atoms with Crippen LogP contribution in [0.5, 0.6) is 0 Å². The lowest BCUT2D eigenvalue weighted by Gasteiger charge is -2.26. The average molecular weight is 719 g/mol. The molecule has 0 amide bonds. The molecule has 2 aromatic heterocycles. The summed E-state index contributed by atoms with van der Waals surface area (Å²) >= 11 is 0. The molecule has 0 aliphatic rings. The van der Waals surface area contributed by atoms with Crippen molar-refractivity contribution in [3.63, 3.8) is 0 Å². The molecule has 5 heteroatoms. The minimum atomic E-state index is 0.617. The number of aromatic nitrogens is 3. The van der Waals surface area contributed by atoms with Crippen molar-refractivity contribution < 1.29 is 4.42 Å². The summed E-state index contributed by atoms with van der Waals surface area (Å²) in [7, 11) is 0. The number of nitrogens with zero attached hydrogens (tertiary/aromatic N) is 4. The first-order valence-electron chi connectivity index (χ1n) is 18.7. The Kier molecular flexibility index (Phi) is 8.43. The number of anilines is 3. The molecule has 0 fully saturated rings. The summed E-state index contributed by atoms with van der Waals surface area (Å²) in [4.78, 5) is 17.1. The molecule has 0 spiro atoms. The van der Waals surface area contributed by atoms with E-state index in [1.165, 1.54) is 11.1 Å². The van der Waals surface area contributed by atoms with Crippen LogP contribution in [0.4, 0.5) is 17.1 Å². The molecule has 0 unspecified atom stereocenters. The standard InChI is InChI=1S/C51H34N4O/c1-5-15-35(16-6-1)36-29-31-42(32-30-36)55(41-21-11-4-12-22-41)43-33-45(48-44-23-13-14-24-46(44)56-47(48)34-43)37-25-27-40(28-26-37)51-53-49(38-17-7-2-8-18-38)52-50(54-51)39-19-9-3-10-20-39/h1-34H. The number of para-hydroxylation sites is 2. The fourth-order valence-electron chi connectivity index (χ4n) is 7.39. The number of rotatable bonds is 8. The van der Waals surface area contributed by atoms with Crippen LogP contribution in [-0.4, -0.2) is 15.0 Å². The summed E-state index contributed by atoms with van der Waals surface area (Å²) in [6.45, 7) is 0. The first-order valence-corrected chi connectivity index (χ1v) is 18.7. The van der Waals surface area contributed by atoms with E-state index in [1.54, 1.807) is 0 Å². The second-order valence-electron chi connectivity index (χ2n) is 13.7. The van der Waals surface area contributed by atoms with Crippen LogP contribution in [-0.2, 0) is 0 Å². The van der Waals surface area contributed by atoms with Gasteiger partial charge in [-0.05, 0) is 58.7 Å². The highest BCUT2D eigenvalue weighted by atomic mass is 16.3. The van der Waals surface area contributed by atoms with Crippen LogP contribution in [0.25, 0.3) is 78.4 Å². The van der Waals surface area contributed by atoms with Crippen LogP contribution in [0, 0.1) is 0 Å². The van der Waals surface area contributed by atoms with Crippen LogP contribution < -0.4 is 4.90 Å². The number of hydrogen-bond donors (Lipinski definition) is 0. The van der Waals surface area contributed by atoms with E-state index in [-0.39, 0.29) is 0 Å². The molecule has 8 aromatic carbocycles. The maximum Gasteiger partial charge on any atom is 0.164 e. The van der Waals surface area contributed by atoms with Crippen molar-refractivity contribution in [2.75, 3.05) is 4.90 Å². The molecule has 10 aromatic rings. The Hall–Kier alpha value is -7.63. The van der Waals surface area contributed by atoms with Gasteiger partial charge < -0.3 is 9.32 Å². The first-order chi connectivity index (χ1) is 27.7. The van der Waals surface area contributed by atoms with Crippen molar-refractivity contribution in [2.45, 2.75) is 0 Å². The smallest absolute Gasteiger partial charge is 0.164 e. The molecular weight excluding hydrogens is 685 g/mol. The second kappa shape index (κ2) is 14.3. The number of furan rings is 1. The van der Waals surface area contributed by atoms with E-state index in [0.29, 0.717) is 17.5 Å². The van der Waals surface area contributed by atoms with Crippen molar-refractivity contribution in [2.24, 2.45) is 0 Å². The largest absolute Gasteiger partial charge is 0.456 e. The Balaban J connectivity index is 1.11. The van der Waals surface area contributed by atoms with Gasteiger partial charge in [0.25, 0.3) is 0 Å². The third-order valence-electron chi connectivity index (χ3n) is 10.1. The van der Waals surface area contributed by atoms with Gasteiger partial charge in [0.15, 0.2) is 17.5 Å². The maximum absolute atomic E-state index is 6.60. The van der Waals surface area contributed by atoms with Crippen LogP contribution in [0.3, 0.4) is 0 Å². The predicted molar refractivity (Wildman–Crippen MR) is 229 cm³/mol. The Morgan fingerprint density at radius 1 is 0.321 bits per heavy atom. The molecule has 0 atom stereocenters. The van der Waals surface area contributed by atoms with Gasteiger partial charge in [-0.3, -0.25) is 0 Å². The lowest BCUT2D eigenvalue weighted by molar-refractivity contribution is 0.669. The van der Waals surface area contributed by atoms with Crippen molar-refractivity contribution in [1.29, 1.82) is 0 Å². The Morgan fingerprint density at radius 3 is 1.34 bits per heavy atom. The van der Waals surface area contributed by atoms with E-state index in [1.807, 2.05) is 84.9 Å². The van der Waals surface area contributed by atoms with Gasteiger partial charge in [0, 0.05) is 44.9 Å². The Bertz CT molecular complexity index is 2870. The molecule has 0 radical (unpaired) electrons. The van der Waals surface area contributed by atoms with E-state index in [2.05, 4.69) is 126 Å². The summed E-state index contributed by atoms with van der Waals surface area (Å²) in [5, 5.41) is 2.14. The fourth-order valence-corrected chi connectivity index (χ4v) is 7.39. The van der Waals surface area contributed by atoms with E-state index in [0.717, 1.165) is 66.8 Å². The fraction of sp³-hybridized carbons (Fsp3) is 0. The molecule has 0 saturated heterocycles. The zero-order valence-electron chi connectivity index (χ0n) is 30.3. The monoisotopic (exact) mass is 718 g/mol. The van der Waals surface area contributed by atoms with Crippen LogP contribution in [0.2, 0.25) is 0 Å². The lowest BCUT2D eigenvalue weighted by Crippen LogP contribution is -2.10. The van der Waals surface area contributed by atoms with Gasteiger partial charge in [0.1, 0.15) is 11.2 Å². The molecule has 5 nitrogen and oxygen atoms in total. The highest BCUT2D eigenvalue weighted by molar-refractivity contribution is 6.14. The lowest BCUT2D eigenvalue weighted by atomic mass is 9.97. The van der Waals surface area contributed by atoms with Gasteiger partial charge in [-0.2, -0.15) is 0 Å². The number of hydrogen-bond acceptors (Lipinski definition) is 5. The van der Waals surface area contributed by atoms with E-state index in [9.17, 15) is 0 Å². The number of benzene rings is 8. The van der Waals surface area contributed by atoms with Crippen LogP contribution >= 0.6 is 0 Å². The van der Waals surface area contributed by atoms with E-state index < -0.39 is 0 Å². The Labute approximate surface area is 324 Å². The van der Waals surface area contributed by atoms with Gasteiger partial charge >= 0.3 is 0 Å². The number of fused-ring (bicyclic) bond motifs is 3. The van der Waals surface area contributed by atoms with Crippen molar-refractivity contribution >= 4 is 39.0 Å². The first kappa shape index (κ1) is 33.0.